The summed E-state index contributed by atoms with van der Waals surface area (Å²) in [6, 6.07) is 6.52. The summed E-state index contributed by atoms with van der Waals surface area (Å²) in [5.74, 6) is 0.442. The number of aliphatic hydroxyl groups is 2. The maximum atomic E-state index is 13.4. The Morgan fingerprint density at radius 1 is 1.26 bits per heavy atom. The molecule has 106 valence electrons. The zero-order valence-corrected chi connectivity index (χ0v) is 11.1. The van der Waals surface area contributed by atoms with Gasteiger partial charge in [0, 0.05) is 25.7 Å². The molecule has 0 radical (unpaired) electrons. The Morgan fingerprint density at radius 3 is 2.63 bits per heavy atom. The Labute approximate surface area is 113 Å². The molecule has 0 bridgehead atoms. The van der Waals surface area contributed by atoms with Gasteiger partial charge >= 0.3 is 0 Å². The minimum atomic E-state index is -0.254. The van der Waals surface area contributed by atoms with Gasteiger partial charge in [-0.25, -0.2) is 4.39 Å². The molecular formula is C15H22FNO2. The minimum Gasteiger partial charge on any atom is -0.396 e. The fourth-order valence-electron chi connectivity index (χ4n) is 2.53. The van der Waals surface area contributed by atoms with Crippen molar-refractivity contribution in [1.82, 2.24) is 4.90 Å². The first-order valence-electron chi connectivity index (χ1n) is 6.96. The first-order chi connectivity index (χ1) is 9.24. The molecule has 4 heteroatoms. The number of aliphatic hydroxyl groups excluding tert-OH is 2. The third-order valence-corrected chi connectivity index (χ3v) is 3.65. The molecular weight excluding hydrogens is 245 g/mol. The van der Waals surface area contributed by atoms with Crippen molar-refractivity contribution >= 4 is 0 Å². The SMILES string of the molecule is OCCC(c1cccc(F)c1)N(CCO)CC1CC1. The van der Waals surface area contributed by atoms with E-state index in [0.29, 0.717) is 18.9 Å². The van der Waals surface area contributed by atoms with E-state index in [-0.39, 0.29) is 25.1 Å². The van der Waals surface area contributed by atoms with E-state index in [4.69, 9.17) is 0 Å². The van der Waals surface area contributed by atoms with Crippen LogP contribution < -0.4 is 0 Å². The van der Waals surface area contributed by atoms with E-state index in [9.17, 15) is 14.6 Å². The first-order valence-corrected chi connectivity index (χ1v) is 6.96. The van der Waals surface area contributed by atoms with Crippen LogP contribution in [-0.4, -0.2) is 41.4 Å². The molecule has 1 fully saturated rings. The van der Waals surface area contributed by atoms with Gasteiger partial charge in [0.25, 0.3) is 0 Å². The summed E-state index contributed by atoms with van der Waals surface area (Å²) in [7, 11) is 0. The van der Waals surface area contributed by atoms with Crippen LogP contribution in [0.5, 0.6) is 0 Å². The highest BCUT2D eigenvalue weighted by molar-refractivity contribution is 5.20. The van der Waals surface area contributed by atoms with Crippen molar-refractivity contribution in [2.24, 2.45) is 5.92 Å². The van der Waals surface area contributed by atoms with Crippen LogP contribution >= 0.6 is 0 Å². The molecule has 1 aliphatic carbocycles. The molecule has 0 aromatic heterocycles. The molecule has 1 atom stereocenters. The van der Waals surface area contributed by atoms with Crippen LogP contribution in [-0.2, 0) is 0 Å². The lowest BCUT2D eigenvalue weighted by Crippen LogP contribution is -2.34. The topological polar surface area (TPSA) is 43.7 Å². The molecule has 0 saturated heterocycles. The van der Waals surface area contributed by atoms with E-state index < -0.39 is 0 Å². The van der Waals surface area contributed by atoms with Gasteiger partial charge in [0.05, 0.1) is 6.61 Å². The minimum absolute atomic E-state index is 0.0200. The van der Waals surface area contributed by atoms with Crippen LogP contribution in [0.4, 0.5) is 4.39 Å². The van der Waals surface area contributed by atoms with Crippen molar-refractivity contribution in [3.8, 4) is 0 Å². The van der Waals surface area contributed by atoms with Crippen LogP contribution in [0.1, 0.15) is 30.9 Å². The molecule has 19 heavy (non-hydrogen) atoms. The third-order valence-electron chi connectivity index (χ3n) is 3.65. The summed E-state index contributed by atoms with van der Waals surface area (Å²) in [4.78, 5) is 2.17. The Hall–Kier alpha value is -0.970. The number of hydrogen-bond donors (Lipinski definition) is 2. The fourth-order valence-corrected chi connectivity index (χ4v) is 2.53. The van der Waals surface area contributed by atoms with Gasteiger partial charge in [-0.3, -0.25) is 4.90 Å². The summed E-state index contributed by atoms with van der Waals surface area (Å²) in [6.45, 7) is 1.64. The Kier molecular flexibility index (Phi) is 5.31. The molecule has 1 aromatic rings. The van der Waals surface area contributed by atoms with E-state index in [1.165, 1.54) is 25.0 Å². The van der Waals surface area contributed by atoms with Crippen molar-refractivity contribution < 1.29 is 14.6 Å². The highest BCUT2D eigenvalue weighted by Gasteiger charge is 2.28. The Morgan fingerprint density at radius 2 is 2.05 bits per heavy atom. The molecule has 2 N–H and O–H groups in total. The van der Waals surface area contributed by atoms with Gasteiger partial charge in [-0.1, -0.05) is 12.1 Å². The van der Waals surface area contributed by atoms with Crippen molar-refractivity contribution in [1.29, 1.82) is 0 Å². The van der Waals surface area contributed by atoms with E-state index in [0.717, 1.165) is 12.1 Å². The summed E-state index contributed by atoms with van der Waals surface area (Å²) in [5, 5.41) is 18.5. The summed E-state index contributed by atoms with van der Waals surface area (Å²) < 4.78 is 13.4. The predicted molar refractivity (Wildman–Crippen MR) is 72.2 cm³/mol. The zero-order chi connectivity index (χ0) is 13.7. The van der Waals surface area contributed by atoms with Gasteiger partial charge in [-0.15, -0.1) is 0 Å². The van der Waals surface area contributed by atoms with Gasteiger partial charge in [-0.05, 0) is 42.9 Å². The van der Waals surface area contributed by atoms with E-state index in [2.05, 4.69) is 4.90 Å². The molecule has 1 unspecified atom stereocenters. The van der Waals surface area contributed by atoms with Crippen molar-refractivity contribution in [3.05, 3.63) is 35.6 Å². The predicted octanol–water partition coefficient (Wildman–Crippen LogP) is 1.95. The summed E-state index contributed by atoms with van der Waals surface area (Å²) >= 11 is 0. The average molecular weight is 267 g/mol. The van der Waals surface area contributed by atoms with Gasteiger partial charge < -0.3 is 10.2 Å². The highest BCUT2D eigenvalue weighted by Crippen LogP contribution is 2.33. The van der Waals surface area contributed by atoms with Crippen LogP contribution in [0.2, 0.25) is 0 Å². The number of benzene rings is 1. The second-order valence-corrected chi connectivity index (χ2v) is 5.25. The average Bonchev–Trinajstić information content (AvgIpc) is 3.19. The molecule has 3 nitrogen and oxygen atoms in total. The zero-order valence-electron chi connectivity index (χ0n) is 11.1. The van der Waals surface area contributed by atoms with Crippen molar-refractivity contribution in [2.75, 3.05) is 26.3 Å². The van der Waals surface area contributed by atoms with Crippen LogP contribution in [0.3, 0.4) is 0 Å². The van der Waals surface area contributed by atoms with Crippen LogP contribution in [0.15, 0.2) is 24.3 Å². The highest BCUT2D eigenvalue weighted by atomic mass is 19.1. The first kappa shape index (κ1) is 14.4. The van der Waals surface area contributed by atoms with Crippen molar-refractivity contribution in [3.63, 3.8) is 0 Å². The molecule has 1 aliphatic rings. The second-order valence-electron chi connectivity index (χ2n) is 5.25. The normalized spacial score (nSPS) is 16.8. The Balaban J connectivity index is 2.14. The van der Waals surface area contributed by atoms with E-state index in [1.807, 2.05) is 6.07 Å². The van der Waals surface area contributed by atoms with E-state index >= 15 is 0 Å². The molecule has 0 heterocycles. The molecule has 1 aromatic carbocycles. The van der Waals surface area contributed by atoms with Crippen molar-refractivity contribution in [2.45, 2.75) is 25.3 Å². The maximum absolute atomic E-state index is 13.4. The quantitative estimate of drug-likeness (QED) is 0.756. The molecule has 0 amide bonds. The number of rotatable bonds is 8. The smallest absolute Gasteiger partial charge is 0.123 e. The monoisotopic (exact) mass is 267 g/mol. The van der Waals surface area contributed by atoms with Crippen LogP contribution in [0, 0.1) is 11.7 Å². The molecule has 0 aliphatic heterocycles. The number of halogens is 1. The lowest BCUT2D eigenvalue weighted by Gasteiger charge is -2.31. The lowest BCUT2D eigenvalue weighted by molar-refractivity contribution is 0.122. The lowest BCUT2D eigenvalue weighted by atomic mass is 10.0. The van der Waals surface area contributed by atoms with Gasteiger partial charge in [-0.2, -0.15) is 0 Å². The molecule has 2 rings (SSSR count). The number of hydrogen-bond acceptors (Lipinski definition) is 3. The molecule has 0 spiro atoms. The van der Waals surface area contributed by atoms with Crippen LogP contribution in [0.25, 0.3) is 0 Å². The van der Waals surface area contributed by atoms with Gasteiger partial charge in [0.1, 0.15) is 5.82 Å². The summed E-state index contributed by atoms with van der Waals surface area (Å²) in [5.41, 5.74) is 0.878. The number of nitrogens with zero attached hydrogens (tertiary/aromatic N) is 1. The second kappa shape index (κ2) is 6.98. The maximum Gasteiger partial charge on any atom is 0.123 e. The largest absolute Gasteiger partial charge is 0.396 e. The Bertz CT molecular complexity index is 395. The van der Waals surface area contributed by atoms with Gasteiger partial charge in [0.2, 0.25) is 0 Å². The standard InChI is InChI=1S/C15H22FNO2/c16-14-3-1-2-13(10-14)15(6-8-18)17(7-9-19)11-12-4-5-12/h1-3,10,12,15,18-19H,4-9,11H2. The third kappa shape index (κ3) is 4.27. The van der Waals surface area contributed by atoms with Gasteiger partial charge in [0.15, 0.2) is 0 Å². The summed E-state index contributed by atoms with van der Waals surface area (Å²) in [6.07, 6.45) is 3.03. The van der Waals surface area contributed by atoms with E-state index in [1.54, 1.807) is 6.07 Å². The molecule has 1 saturated carbocycles. The fraction of sp³-hybridized carbons (Fsp3) is 0.600.